The molecule has 0 amide bonds. The largest absolute Gasteiger partial charge is 0.550 e. The van der Waals surface area contributed by atoms with Gasteiger partial charge < -0.3 is 13.3 Å². The van der Waals surface area contributed by atoms with Crippen LogP contribution >= 0.6 is 55.4 Å². The first-order chi connectivity index (χ1) is 5.68. The normalized spacial score (nSPS) is 12.0. The SMILES string of the molecule is CO[Si](Cl)(Cl)Cl.CO[Si](Cl)(Cl)OC. The minimum absolute atomic E-state index is 1.37. The van der Waals surface area contributed by atoms with E-state index in [9.17, 15) is 0 Å². The van der Waals surface area contributed by atoms with Crippen LogP contribution in [0.4, 0.5) is 0 Å². The first kappa shape index (κ1) is 17.2. The summed E-state index contributed by atoms with van der Waals surface area (Å²) in [7, 11) is 1.49. The second kappa shape index (κ2) is 7.98. The van der Waals surface area contributed by atoms with Crippen molar-refractivity contribution in [1.29, 1.82) is 0 Å². The molecule has 0 N–H and O–H groups in total. The third-order valence-electron chi connectivity index (χ3n) is 0.707. The molecule has 0 radical (unpaired) electrons. The zero-order valence-corrected chi connectivity index (χ0v) is 12.9. The van der Waals surface area contributed by atoms with Crippen LogP contribution in [0.25, 0.3) is 0 Å². The van der Waals surface area contributed by atoms with Crippen molar-refractivity contribution in [3.8, 4) is 0 Å². The molecule has 0 bridgehead atoms. The van der Waals surface area contributed by atoms with Gasteiger partial charge in [0.05, 0.1) is 0 Å². The monoisotopic (exact) mass is 324 g/mol. The fourth-order valence-corrected chi connectivity index (χ4v) is 0.250. The van der Waals surface area contributed by atoms with Crippen molar-refractivity contribution in [1.82, 2.24) is 0 Å². The summed E-state index contributed by atoms with van der Waals surface area (Å²) in [5, 5.41) is 0. The molecule has 0 aliphatic heterocycles. The highest BCUT2D eigenvalue weighted by Gasteiger charge is 2.29. The summed E-state index contributed by atoms with van der Waals surface area (Å²) in [6, 6.07) is 0. The van der Waals surface area contributed by atoms with E-state index in [2.05, 4.69) is 13.3 Å². The van der Waals surface area contributed by atoms with E-state index in [1.165, 1.54) is 21.3 Å². The fraction of sp³-hybridized carbons (Fsp3) is 1.00. The molecule has 0 aromatic carbocycles. The molecular weight excluding hydrogens is 317 g/mol. The molecule has 13 heavy (non-hydrogen) atoms. The molecule has 0 atom stereocenters. The number of rotatable bonds is 3. The zero-order chi connectivity index (χ0) is 11.1. The molecular formula is C3H9Cl5O3Si2. The van der Waals surface area contributed by atoms with Gasteiger partial charge in [0.2, 0.25) is 0 Å². The van der Waals surface area contributed by atoms with E-state index in [1.807, 2.05) is 0 Å². The third kappa shape index (κ3) is 16.4. The molecule has 0 heterocycles. The lowest BCUT2D eigenvalue weighted by molar-refractivity contribution is 0.288. The summed E-state index contributed by atoms with van der Waals surface area (Å²) in [6.45, 7) is 0. The van der Waals surface area contributed by atoms with Crippen molar-refractivity contribution in [2.75, 3.05) is 21.3 Å². The van der Waals surface area contributed by atoms with Crippen LogP contribution in [0.15, 0.2) is 0 Å². The molecule has 0 saturated heterocycles. The molecule has 0 rings (SSSR count). The molecule has 0 aromatic heterocycles. The van der Waals surface area contributed by atoms with Crippen LogP contribution < -0.4 is 0 Å². The van der Waals surface area contributed by atoms with Gasteiger partial charge in [-0.05, 0) is 0 Å². The Kier molecular flexibility index (Phi) is 10.5. The van der Waals surface area contributed by atoms with Gasteiger partial charge in [0.15, 0.2) is 0 Å². The lowest BCUT2D eigenvalue weighted by atomic mass is 11.8. The Balaban J connectivity index is 0. The maximum atomic E-state index is 5.36. The van der Waals surface area contributed by atoms with Gasteiger partial charge in [-0.1, -0.05) is 55.4 Å². The standard InChI is InChI=1S/C2H6Cl2O2Si.CH3Cl3OSi/c1-5-7(3,4)6-2;1-5-6(2,3)4/h1-2H3;1H3. The molecule has 3 nitrogen and oxygen atoms in total. The molecule has 0 fully saturated rings. The molecule has 0 spiro atoms. The van der Waals surface area contributed by atoms with Gasteiger partial charge in [-0.3, -0.25) is 0 Å². The Morgan fingerprint density at radius 2 is 0.923 bits per heavy atom. The van der Waals surface area contributed by atoms with Crippen LogP contribution in [0.5, 0.6) is 0 Å². The van der Waals surface area contributed by atoms with Crippen LogP contribution in [0.2, 0.25) is 0 Å². The van der Waals surface area contributed by atoms with Crippen LogP contribution in [0.3, 0.4) is 0 Å². The summed E-state index contributed by atoms with van der Waals surface area (Å²) in [5.74, 6) is 0. The van der Waals surface area contributed by atoms with Crippen molar-refractivity contribution >= 4 is 68.8 Å². The Hall–Kier alpha value is 1.76. The molecule has 0 saturated carbocycles. The van der Waals surface area contributed by atoms with E-state index in [0.717, 1.165) is 0 Å². The summed E-state index contributed by atoms with van der Waals surface area (Å²) >= 11 is 26.2. The molecule has 0 aliphatic rings. The topological polar surface area (TPSA) is 27.7 Å². The zero-order valence-electron chi connectivity index (χ0n) is 7.11. The van der Waals surface area contributed by atoms with E-state index in [0.29, 0.717) is 0 Å². The van der Waals surface area contributed by atoms with Crippen molar-refractivity contribution in [3.05, 3.63) is 0 Å². The van der Waals surface area contributed by atoms with Crippen molar-refractivity contribution < 1.29 is 13.3 Å². The Morgan fingerprint density at radius 3 is 0.923 bits per heavy atom. The average Bonchev–Trinajstić information content (AvgIpc) is 2.04. The predicted molar refractivity (Wildman–Crippen MR) is 61.8 cm³/mol. The van der Waals surface area contributed by atoms with Gasteiger partial charge in [-0.15, -0.1) is 0 Å². The molecule has 10 heteroatoms. The lowest BCUT2D eigenvalue weighted by Gasteiger charge is -2.08. The van der Waals surface area contributed by atoms with Gasteiger partial charge in [-0.25, -0.2) is 0 Å². The van der Waals surface area contributed by atoms with E-state index >= 15 is 0 Å². The fourth-order valence-electron chi connectivity index (χ4n) is 0.0833. The third-order valence-corrected chi connectivity index (χ3v) is 5.36. The van der Waals surface area contributed by atoms with E-state index in [-0.39, 0.29) is 0 Å². The van der Waals surface area contributed by atoms with Crippen LogP contribution in [0.1, 0.15) is 0 Å². The highest BCUT2D eigenvalue weighted by Crippen LogP contribution is 2.18. The average molecular weight is 327 g/mol. The van der Waals surface area contributed by atoms with Crippen LogP contribution in [-0.4, -0.2) is 34.8 Å². The summed E-state index contributed by atoms with van der Waals surface area (Å²) in [4.78, 5) is 0. The number of hydrogen-bond donors (Lipinski definition) is 0. The highest BCUT2D eigenvalue weighted by molar-refractivity contribution is 7.62. The smallest absolute Gasteiger partial charge is 0.384 e. The summed E-state index contributed by atoms with van der Waals surface area (Å²) in [6.07, 6.45) is -2.71. The van der Waals surface area contributed by atoms with Gasteiger partial charge in [-0.2, -0.15) is 0 Å². The number of halogens is 5. The molecule has 0 aliphatic carbocycles. The van der Waals surface area contributed by atoms with Gasteiger partial charge in [0.1, 0.15) is 0 Å². The van der Waals surface area contributed by atoms with Crippen molar-refractivity contribution in [2.45, 2.75) is 0 Å². The van der Waals surface area contributed by atoms with Crippen molar-refractivity contribution in [2.24, 2.45) is 0 Å². The Bertz CT molecular complexity index is 123. The van der Waals surface area contributed by atoms with Gasteiger partial charge >= 0.3 is 13.4 Å². The first-order valence-electron chi connectivity index (χ1n) is 2.78. The van der Waals surface area contributed by atoms with Gasteiger partial charge in [0.25, 0.3) is 0 Å². The molecule has 82 valence electrons. The first-order valence-corrected chi connectivity index (χ1v) is 11.6. The van der Waals surface area contributed by atoms with Crippen molar-refractivity contribution in [3.63, 3.8) is 0 Å². The Labute approximate surface area is 103 Å². The van der Waals surface area contributed by atoms with E-state index in [1.54, 1.807) is 0 Å². The Morgan fingerprint density at radius 1 is 0.692 bits per heavy atom. The summed E-state index contributed by atoms with van der Waals surface area (Å²) < 4.78 is 13.4. The minimum Gasteiger partial charge on any atom is -0.384 e. The quantitative estimate of drug-likeness (QED) is 0.589. The summed E-state index contributed by atoms with van der Waals surface area (Å²) in [5.41, 5.74) is 0. The minimum atomic E-state index is -2.71. The number of hydrogen-bond acceptors (Lipinski definition) is 3. The maximum absolute atomic E-state index is 5.36. The van der Waals surface area contributed by atoms with Crippen LogP contribution in [-0.2, 0) is 13.3 Å². The predicted octanol–water partition coefficient (Wildman–Crippen LogP) is 2.98. The maximum Gasteiger partial charge on any atom is 0.550 e. The highest BCUT2D eigenvalue weighted by atomic mass is 35.8. The van der Waals surface area contributed by atoms with E-state index in [4.69, 9.17) is 55.4 Å². The second-order valence-corrected chi connectivity index (χ2v) is 14.7. The van der Waals surface area contributed by atoms with Crippen LogP contribution in [0, 0.1) is 0 Å². The van der Waals surface area contributed by atoms with E-state index < -0.39 is 13.4 Å². The molecule has 0 aromatic rings. The second-order valence-electron chi connectivity index (χ2n) is 1.52. The molecule has 0 unspecified atom stereocenters. The lowest BCUT2D eigenvalue weighted by Crippen LogP contribution is -2.25. The van der Waals surface area contributed by atoms with Gasteiger partial charge in [0, 0.05) is 21.3 Å².